The SMILES string of the molecule is O=C(Oc1ccc(I)cc1)c1ccc(CCc2ccc(I)cc2)cc1. The van der Waals surface area contributed by atoms with Crippen LogP contribution in [-0.4, -0.2) is 5.97 Å². The number of halogens is 2. The Morgan fingerprint density at radius 1 is 0.680 bits per heavy atom. The Balaban J connectivity index is 1.58. The van der Waals surface area contributed by atoms with Crippen LogP contribution in [0.3, 0.4) is 0 Å². The maximum Gasteiger partial charge on any atom is 0.343 e. The molecule has 0 spiro atoms. The van der Waals surface area contributed by atoms with Crippen LogP contribution in [0.2, 0.25) is 0 Å². The fourth-order valence-corrected chi connectivity index (χ4v) is 3.14. The van der Waals surface area contributed by atoms with Crippen LogP contribution in [0.15, 0.2) is 72.8 Å². The third kappa shape index (κ3) is 5.54. The van der Waals surface area contributed by atoms with Crippen molar-refractivity contribution >= 4 is 51.2 Å². The van der Waals surface area contributed by atoms with Crippen molar-refractivity contribution in [2.45, 2.75) is 12.8 Å². The molecule has 126 valence electrons. The fourth-order valence-electron chi connectivity index (χ4n) is 2.42. The van der Waals surface area contributed by atoms with Crippen LogP contribution >= 0.6 is 45.2 Å². The molecule has 25 heavy (non-hydrogen) atoms. The third-order valence-corrected chi connectivity index (χ3v) is 5.27. The van der Waals surface area contributed by atoms with E-state index in [9.17, 15) is 4.79 Å². The summed E-state index contributed by atoms with van der Waals surface area (Å²) in [7, 11) is 0. The van der Waals surface area contributed by atoms with Crippen LogP contribution in [0.25, 0.3) is 0 Å². The van der Waals surface area contributed by atoms with Gasteiger partial charge in [-0.1, -0.05) is 24.3 Å². The molecule has 3 aromatic rings. The van der Waals surface area contributed by atoms with E-state index in [0.717, 1.165) is 16.4 Å². The molecule has 3 rings (SSSR count). The predicted molar refractivity (Wildman–Crippen MR) is 117 cm³/mol. The van der Waals surface area contributed by atoms with Crippen molar-refractivity contribution in [1.82, 2.24) is 0 Å². The Bertz CT molecular complexity index is 839. The Labute approximate surface area is 174 Å². The quantitative estimate of drug-likeness (QED) is 0.223. The summed E-state index contributed by atoms with van der Waals surface area (Å²) < 4.78 is 7.75. The normalized spacial score (nSPS) is 10.5. The summed E-state index contributed by atoms with van der Waals surface area (Å²) in [5, 5.41) is 0. The molecule has 3 aromatic carbocycles. The van der Waals surface area contributed by atoms with Crippen molar-refractivity contribution in [3.05, 3.63) is 96.6 Å². The molecule has 0 heterocycles. The Morgan fingerprint density at radius 3 is 1.64 bits per heavy atom. The highest BCUT2D eigenvalue weighted by Gasteiger charge is 2.08. The lowest BCUT2D eigenvalue weighted by Crippen LogP contribution is -2.08. The highest BCUT2D eigenvalue weighted by atomic mass is 127. The molecule has 0 radical (unpaired) electrons. The summed E-state index contributed by atoms with van der Waals surface area (Å²) in [4.78, 5) is 12.2. The van der Waals surface area contributed by atoms with Gasteiger partial charge in [0, 0.05) is 7.14 Å². The first-order chi connectivity index (χ1) is 12.1. The molecular formula is C21H16I2O2. The van der Waals surface area contributed by atoms with Gasteiger partial charge in [-0.15, -0.1) is 0 Å². The van der Waals surface area contributed by atoms with E-state index in [2.05, 4.69) is 69.4 Å². The number of hydrogen-bond donors (Lipinski definition) is 0. The van der Waals surface area contributed by atoms with E-state index in [1.807, 2.05) is 36.4 Å². The van der Waals surface area contributed by atoms with Crippen molar-refractivity contribution in [2.75, 3.05) is 0 Å². The number of ether oxygens (including phenoxy) is 1. The fraction of sp³-hybridized carbons (Fsp3) is 0.0952. The number of rotatable bonds is 5. The van der Waals surface area contributed by atoms with Gasteiger partial charge in [-0.05, 0) is 118 Å². The standard InChI is InChI=1S/C21H16I2O2/c22-18-9-5-16(6-10-18)2-1-15-3-7-17(8-4-15)21(24)25-20-13-11-19(23)12-14-20/h3-14H,1-2H2. The molecule has 0 aromatic heterocycles. The van der Waals surface area contributed by atoms with Crippen molar-refractivity contribution in [2.24, 2.45) is 0 Å². The van der Waals surface area contributed by atoms with Crippen LogP contribution in [-0.2, 0) is 12.8 Å². The summed E-state index contributed by atoms with van der Waals surface area (Å²) >= 11 is 4.53. The van der Waals surface area contributed by atoms with Gasteiger partial charge < -0.3 is 4.74 Å². The first-order valence-corrected chi connectivity index (χ1v) is 10.1. The van der Waals surface area contributed by atoms with Crippen LogP contribution < -0.4 is 4.74 Å². The van der Waals surface area contributed by atoms with Gasteiger partial charge in [-0.3, -0.25) is 0 Å². The molecule has 0 atom stereocenters. The lowest BCUT2D eigenvalue weighted by molar-refractivity contribution is 0.0734. The first kappa shape index (κ1) is 18.4. The molecule has 0 saturated carbocycles. The number of benzene rings is 3. The first-order valence-electron chi connectivity index (χ1n) is 7.91. The van der Waals surface area contributed by atoms with Gasteiger partial charge in [-0.25, -0.2) is 4.79 Å². The Kier molecular flexibility index (Phi) is 6.47. The lowest BCUT2D eigenvalue weighted by atomic mass is 10.0. The van der Waals surface area contributed by atoms with Crippen molar-refractivity contribution in [3.8, 4) is 5.75 Å². The number of carbonyl (C=O) groups excluding carboxylic acids is 1. The van der Waals surface area contributed by atoms with Crippen molar-refractivity contribution < 1.29 is 9.53 Å². The number of aryl methyl sites for hydroxylation is 2. The summed E-state index contributed by atoms with van der Waals surface area (Å²) in [5.74, 6) is 0.235. The van der Waals surface area contributed by atoms with Gasteiger partial charge >= 0.3 is 5.97 Å². The zero-order chi connectivity index (χ0) is 17.6. The second-order valence-corrected chi connectivity index (χ2v) is 8.16. The average Bonchev–Trinajstić information content (AvgIpc) is 2.63. The molecule has 0 amide bonds. The second kappa shape index (κ2) is 8.80. The Hall–Kier alpha value is -1.41. The van der Waals surface area contributed by atoms with E-state index in [1.54, 1.807) is 12.1 Å². The molecule has 0 N–H and O–H groups in total. The number of esters is 1. The smallest absolute Gasteiger partial charge is 0.343 e. The van der Waals surface area contributed by atoms with Crippen LogP contribution in [0, 0.1) is 7.14 Å². The molecule has 0 bridgehead atoms. The monoisotopic (exact) mass is 554 g/mol. The van der Waals surface area contributed by atoms with Gasteiger partial charge in [0.2, 0.25) is 0 Å². The van der Waals surface area contributed by atoms with Crippen molar-refractivity contribution in [1.29, 1.82) is 0 Å². The maximum atomic E-state index is 12.2. The highest BCUT2D eigenvalue weighted by Crippen LogP contribution is 2.16. The molecular weight excluding hydrogens is 538 g/mol. The topological polar surface area (TPSA) is 26.3 Å². The van der Waals surface area contributed by atoms with E-state index in [1.165, 1.54) is 14.7 Å². The minimum Gasteiger partial charge on any atom is -0.423 e. The lowest BCUT2D eigenvalue weighted by Gasteiger charge is -2.06. The molecule has 0 saturated heterocycles. The zero-order valence-electron chi connectivity index (χ0n) is 13.4. The van der Waals surface area contributed by atoms with Crippen molar-refractivity contribution in [3.63, 3.8) is 0 Å². The molecule has 0 aliphatic carbocycles. The Morgan fingerprint density at radius 2 is 1.12 bits per heavy atom. The van der Waals surface area contributed by atoms with Crippen LogP contribution in [0.4, 0.5) is 0 Å². The maximum absolute atomic E-state index is 12.2. The van der Waals surface area contributed by atoms with E-state index >= 15 is 0 Å². The average molecular weight is 554 g/mol. The van der Waals surface area contributed by atoms with Gasteiger partial charge in [0.25, 0.3) is 0 Å². The second-order valence-electron chi connectivity index (χ2n) is 5.67. The molecule has 0 fully saturated rings. The molecule has 0 aliphatic rings. The minimum atomic E-state index is -0.328. The van der Waals surface area contributed by atoms with E-state index in [0.29, 0.717) is 11.3 Å². The largest absolute Gasteiger partial charge is 0.423 e. The highest BCUT2D eigenvalue weighted by molar-refractivity contribution is 14.1. The van der Waals surface area contributed by atoms with E-state index < -0.39 is 0 Å². The molecule has 4 heteroatoms. The summed E-state index contributed by atoms with van der Waals surface area (Å²) in [6, 6.07) is 23.7. The zero-order valence-corrected chi connectivity index (χ0v) is 17.7. The van der Waals surface area contributed by atoms with Gasteiger partial charge in [0.05, 0.1) is 5.56 Å². The van der Waals surface area contributed by atoms with Gasteiger partial charge in [-0.2, -0.15) is 0 Å². The molecule has 2 nitrogen and oxygen atoms in total. The predicted octanol–water partition coefficient (Wildman–Crippen LogP) is 5.90. The van der Waals surface area contributed by atoms with Gasteiger partial charge in [0.15, 0.2) is 0 Å². The minimum absolute atomic E-state index is 0.328. The summed E-state index contributed by atoms with van der Waals surface area (Å²) in [5.41, 5.74) is 3.10. The van der Waals surface area contributed by atoms with Gasteiger partial charge in [0.1, 0.15) is 5.75 Å². The summed E-state index contributed by atoms with van der Waals surface area (Å²) in [6.07, 6.45) is 1.94. The summed E-state index contributed by atoms with van der Waals surface area (Å²) in [6.45, 7) is 0. The van der Waals surface area contributed by atoms with Crippen LogP contribution in [0.5, 0.6) is 5.75 Å². The van der Waals surface area contributed by atoms with E-state index in [-0.39, 0.29) is 5.97 Å². The number of carbonyl (C=O) groups is 1. The third-order valence-electron chi connectivity index (χ3n) is 3.83. The van der Waals surface area contributed by atoms with E-state index in [4.69, 9.17) is 4.74 Å². The molecule has 0 aliphatic heterocycles. The number of hydrogen-bond acceptors (Lipinski definition) is 2. The van der Waals surface area contributed by atoms with Crippen LogP contribution in [0.1, 0.15) is 21.5 Å². The molecule has 0 unspecified atom stereocenters.